The highest BCUT2D eigenvalue weighted by atomic mass is 16.5. The lowest BCUT2D eigenvalue weighted by molar-refractivity contribution is -0.160. The summed E-state index contributed by atoms with van der Waals surface area (Å²) in [6.07, 6.45) is 4.02. The molecular weight excluding hydrogens is 534 g/mol. The summed E-state index contributed by atoms with van der Waals surface area (Å²) in [6, 6.07) is 13.8. The Hall–Kier alpha value is -3.79. The summed E-state index contributed by atoms with van der Waals surface area (Å²) in [5.41, 5.74) is 3.56. The first-order valence-electron chi connectivity index (χ1n) is 15.1. The molecule has 10 heteroatoms. The second-order valence-electron chi connectivity index (χ2n) is 11.4. The Morgan fingerprint density at radius 3 is 2.60 bits per heavy atom. The molecule has 3 aromatic rings. The van der Waals surface area contributed by atoms with E-state index in [0.29, 0.717) is 45.2 Å². The van der Waals surface area contributed by atoms with Crippen molar-refractivity contribution in [3.63, 3.8) is 0 Å². The number of hydrogen-bond donors (Lipinski definition) is 1. The van der Waals surface area contributed by atoms with Gasteiger partial charge in [0.1, 0.15) is 12.2 Å². The zero-order valence-electron chi connectivity index (χ0n) is 24.8. The number of Topliss-reactive ketones (excluding diaryl/α,β-unsaturated/α-hetero) is 1. The smallest absolute Gasteiger partial charge is 0.406 e. The van der Waals surface area contributed by atoms with Gasteiger partial charge >= 0.3 is 6.09 Å². The number of methoxy groups -OCH3 is 1. The van der Waals surface area contributed by atoms with Crippen molar-refractivity contribution in [2.24, 2.45) is 0 Å². The highest BCUT2D eigenvalue weighted by molar-refractivity contribution is 5.86. The number of aromatic nitrogens is 3. The minimum atomic E-state index is -0.634. The van der Waals surface area contributed by atoms with Crippen molar-refractivity contribution in [3.8, 4) is 0 Å². The minimum absolute atomic E-state index is 0.0596. The molecule has 5 rings (SSSR count). The SMILES string of the molecule is COC(=O)NCCCn1nc([C@@H](C)N(C(=O)[C@H]2CCC[C@@H](C(=O)CCc3ccccc3)O2)C2CC2)c2ccc(C)nc21. The topological polar surface area (TPSA) is 116 Å². The van der Waals surface area contributed by atoms with Gasteiger partial charge in [0, 0.05) is 36.6 Å². The fourth-order valence-corrected chi connectivity index (χ4v) is 5.78. The molecule has 0 radical (unpaired) electrons. The zero-order valence-corrected chi connectivity index (χ0v) is 24.8. The van der Waals surface area contributed by atoms with Crippen LogP contribution in [0.4, 0.5) is 4.79 Å². The molecule has 42 heavy (non-hydrogen) atoms. The lowest BCUT2D eigenvalue weighted by Crippen LogP contribution is -2.47. The number of ketones is 1. The van der Waals surface area contributed by atoms with Gasteiger partial charge in [0.05, 0.1) is 18.8 Å². The Balaban J connectivity index is 1.29. The van der Waals surface area contributed by atoms with Crippen LogP contribution in [-0.4, -0.2) is 69.4 Å². The summed E-state index contributed by atoms with van der Waals surface area (Å²) in [6.45, 7) is 4.96. The predicted octanol–water partition coefficient (Wildman–Crippen LogP) is 4.68. The van der Waals surface area contributed by atoms with Crippen LogP contribution in [0.3, 0.4) is 0 Å². The van der Waals surface area contributed by atoms with Gasteiger partial charge in [-0.3, -0.25) is 9.59 Å². The third kappa shape index (κ3) is 6.98. The number of fused-ring (bicyclic) bond motifs is 1. The molecule has 0 unspecified atom stereocenters. The molecule has 224 valence electrons. The van der Waals surface area contributed by atoms with E-state index in [1.165, 1.54) is 7.11 Å². The Labute approximate surface area is 246 Å². The maximum atomic E-state index is 14.0. The first-order chi connectivity index (χ1) is 20.4. The normalized spacial score (nSPS) is 19.3. The standard InChI is InChI=1S/C32H41N5O5/c1-21-13-17-25-29(35-36(30(25)34-21)20-8-19-33-32(40)41-3)22(2)37(24-15-16-24)31(39)28-12-7-11-27(42-28)26(38)18-14-23-9-5-4-6-10-23/h4-6,9-10,13,17,22,24,27-28H,7-8,11-12,14-16,18-20H2,1-3H3,(H,33,40)/t22-,27+,28-/m1/s1. The molecule has 1 saturated heterocycles. The molecule has 2 aliphatic rings. The van der Waals surface area contributed by atoms with Gasteiger partial charge in [0.15, 0.2) is 11.4 Å². The van der Waals surface area contributed by atoms with Gasteiger partial charge in [-0.05, 0) is 76.5 Å². The highest BCUT2D eigenvalue weighted by Gasteiger charge is 2.42. The second-order valence-corrected chi connectivity index (χ2v) is 11.4. The van der Waals surface area contributed by atoms with E-state index >= 15 is 0 Å². The van der Waals surface area contributed by atoms with Crippen LogP contribution in [0.25, 0.3) is 11.0 Å². The monoisotopic (exact) mass is 575 g/mol. The highest BCUT2D eigenvalue weighted by Crippen LogP contribution is 2.38. The molecule has 3 atom stereocenters. The summed E-state index contributed by atoms with van der Waals surface area (Å²) < 4.78 is 12.7. The van der Waals surface area contributed by atoms with E-state index in [4.69, 9.17) is 14.8 Å². The molecule has 2 amide bonds. The van der Waals surface area contributed by atoms with E-state index in [1.807, 2.05) is 65.9 Å². The van der Waals surface area contributed by atoms with Crippen molar-refractivity contribution >= 4 is 28.8 Å². The number of carbonyl (C=O) groups is 3. The van der Waals surface area contributed by atoms with Crippen molar-refractivity contribution in [2.45, 2.75) is 96.1 Å². The summed E-state index contributed by atoms with van der Waals surface area (Å²) in [5.74, 6) is 0.00542. The van der Waals surface area contributed by atoms with Crippen molar-refractivity contribution in [1.82, 2.24) is 25.0 Å². The summed E-state index contributed by atoms with van der Waals surface area (Å²) in [4.78, 5) is 45.2. The zero-order chi connectivity index (χ0) is 29.6. The van der Waals surface area contributed by atoms with Crippen molar-refractivity contribution in [3.05, 3.63) is 59.4 Å². The van der Waals surface area contributed by atoms with Crippen LogP contribution in [-0.2, 0) is 32.0 Å². The number of nitrogens with one attached hydrogen (secondary N) is 1. The van der Waals surface area contributed by atoms with Gasteiger partial charge in [-0.15, -0.1) is 0 Å². The van der Waals surface area contributed by atoms with Gasteiger partial charge in [0.25, 0.3) is 5.91 Å². The molecule has 2 aromatic heterocycles. The number of pyridine rings is 1. The molecule has 10 nitrogen and oxygen atoms in total. The fraction of sp³-hybridized carbons (Fsp3) is 0.531. The van der Waals surface area contributed by atoms with Crippen LogP contribution in [0.1, 0.15) is 74.9 Å². The fourth-order valence-electron chi connectivity index (χ4n) is 5.78. The molecule has 1 N–H and O–H groups in total. The number of rotatable bonds is 12. The maximum absolute atomic E-state index is 14.0. The van der Waals surface area contributed by atoms with Gasteiger partial charge in [0.2, 0.25) is 0 Å². The number of carbonyl (C=O) groups excluding carboxylic acids is 3. The maximum Gasteiger partial charge on any atom is 0.406 e. The number of hydrogen-bond acceptors (Lipinski definition) is 7. The van der Waals surface area contributed by atoms with E-state index in [-0.39, 0.29) is 23.8 Å². The minimum Gasteiger partial charge on any atom is -0.453 e. The van der Waals surface area contributed by atoms with E-state index in [1.54, 1.807) is 0 Å². The third-order valence-electron chi connectivity index (χ3n) is 8.17. The van der Waals surface area contributed by atoms with Crippen LogP contribution in [0, 0.1) is 6.92 Å². The van der Waals surface area contributed by atoms with Crippen LogP contribution in [0.2, 0.25) is 0 Å². The number of aryl methyl sites for hydroxylation is 3. The summed E-state index contributed by atoms with van der Waals surface area (Å²) >= 11 is 0. The number of ether oxygens (including phenoxy) is 2. The van der Waals surface area contributed by atoms with Gasteiger partial charge in [-0.25, -0.2) is 14.5 Å². The van der Waals surface area contributed by atoms with E-state index in [2.05, 4.69) is 10.1 Å². The summed E-state index contributed by atoms with van der Waals surface area (Å²) in [5, 5.41) is 8.55. The summed E-state index contributed by atoms with van der Waals surface area (Å²) in [7, 11) is 1.34. The molecule has 1 aromatic carbocycles. The van der Waals surface area contributed by atoms with Crippen LogP contribution >= 0.6 is 0 Å². The van der Waals surface area contributed by atoms with Crippen molar-refractivity contribution in [2.75, 3.05) is 13.7 Å². The molecule has 1 aliphatic heterocycles. The molecule has 3 heterocycles. The third-order valence-corrected chi connectivity index (χ3v) is 8.17. The molecule has 1 saturated carbocycles. The Morgan fingerprint density at radius 2 is 1.86 bits per heavy atom. The first kappa shape index (κ1) is 29.7. The van der Waals surface area contributed by atoms with Gasteiger partial charge in [-0.1, -0.05) is 30.3 Å². The number of benzene rings is 1. The quantitative estimate of drug-likeness (QED) is 0.312. The molecule has 0 spiro atoms. The first-order valence-corrected chi connectivity index (χ1v) is 15.1. The van der Waals surface area contributed by atoms with Crippen LogP contribution < -0.4 is 5.32 Å². The molecule has 1 aliphatic carbocycles. The van der Waals surface area contributed by atoms with E-state index < -0.39 is 18.3 Å². The number of nitrogens with zero attached hydrogens (tertiary/aromatic N) is 4. The lowest BCUT2D eigenvalue weighted by Gasteiger charge is -2.35. The predicted molar refractivity (Wildman–Crippen MR) is 158 cm³/mol. The second kappa shape index (κ2) is 13.5. The van der Waals surface area contributed by atoms with Gasteiger partial charge < -0.3 is 19.7 Å². The average molecular weight is 576 g/mol. The lowest BCUT2D eigenvalue weighted by atomic mass is 9.96. The van der Waals surface area contributed by atoms with Crippen LogP contribution in [0.5, 0.6) is 0 Å². The van der Waals surface area contributed by atoms with Gasteiger partial charge in [-0.2, -0.15) is 5.10 Å². The van der Waals surface area contributed by atoms with E-state index in [0.717, 1.165) is 47.2 Å². The number of amides is 2. The Kier molecular flexibility index (Phi) is 9.51. The van der Waals surface area contributed by atoms with Crippen molar-refractivity contribution < 1.29 is 23.9 Å². The molecular formula is C32H41N5O5. The van der Waals surface area contributed by atoms with Crippen LogP contribution in [0.15, 0.2) is 42.5 Å². The molecule has 2 fully saturated rings. The Morgan fingerprint density at radius 1 is 1.10 bits per heavy atom. The van der Waals surface area contributed by atoms with Crippen molar-refractivity contribution in [1.29, 1.82) is 0 Å². The average Bonchev–Trinajstić information content (AvgIpc) is 3.79. The molecule has 0 bridgehead atoms. The number of alkyl carbamates (subject to hydrolysis) is 1. The largest absolute Gasteiger partial charge is 0.453 e. The van der Waals surface area contributed by atoms with E-state index in [9.17, 15) is 14.4 Å². The Bertz CT molecular complexity index is 1400.